The lowest BCUT2D eigenvalue weighted by molar-refractivity contribution is -0.115. The molecule has 1 fully saturated rings. The van der Waals surface area contributed by atoms with E-state index < -0.39 is 5.91 Å². The number of carbonyl (C=O) groups excluding carboxylic acids is 2. The maximum atomic E-state index is 13.1. The van der Waals surface area contributed by atoms with Crippen LogP contribution in [0, 0.1) is 0 Å². The van der Waals surface area contributed by atoms with Crippen LogP contribution in [0.3, 0.4) is 0 Å². The summed E-state index contributed by atoms with van der Waals surface area (Å²) in [7, 11) is 0. The van der Waals surface area contributed by atoms with Gasteiger partial charge in [-0.1, -0.05) is 31.5 Å². The van der Waals surface area contributed by atoms with Crippen LogP contribution in [-0.2, 0) is 11.3 Å². The minimum Gasteiger partial charge on any atom is -0.369 e. The predicted octanol–water partition coefficient (Wildman–Crippen LogP) is 1.70. The lowest BCUT2D eigenvalue weighted by Crippen LogP contribution is -2.32. The molecule has 30 heavy (non-hydrogen) atoms. The Balaban J connectivity index is 1.85. The molecule has 1 aliphatic rings. The third-order valence-electron chi connectivity index (χ3n) is 5.32. The molecule has 0 saturated heterocycles. The summed E-state index contributed by atoms with van der Waals surface area (Å²) in [6, 6.07) is 5.25. The first-order valence-corrected chi connectivity index (χ1v) is 11.1. The normalized spacial score (nSPS) is 14.6. The second-order valence-corrected chi connectivity index (χ2v) is 8.46. The van der Waals surface area contributed by atoms with E-state index in [1.807, 2.05) is 6.92 Å². The van der Waals surface area contributed by atoms with Crippen LogP contribution in [0.25, 0.3) is 16.7 Å². The van der Waals surface area contributed by atoms with Crippen LogP contribution < -0.4 is 16.6 Å². The van der Waals surface area contributed by atoms with Gasteiger partial charge in [0.1, 0.15) is 0 Å². The van der Waals surface area contributed by atoms with E-state index in [0.717, 1.165) is 43.9 Å². The Morgan fingerprint density at radius 2 is 2.03 bits per heavy atom. The molecule has 9 nitrogen and oxygen atoms in total. The number of hydrogen-bond donors (Lipinski definition) is 2. The standard InChI is InChI=1S/C20H24N6O3S/c1-2-9-25-18(29)14-8-7-12(17(28)22-13-5-3-4-6-13)10-15(14)26-19(25)23-24-20(26)30-11-16(21)27/h7-8,10,13H,2-6,9,11H2,1H3,(H2,21,27)(H,22,28). The lowest BCUT2D eigenvalue weighted by atomic mass is 10.1. The fraction of sp³-hybridized carbons (Fsp3) is 0.450. The molecule has 0 unspecified atom stereocenters. The number of rotatable bonds is 7. The molecule has 1 saturated carbocycles. The maximum Gasteiger partial charge on any atom is 0.262 e. The van der Waals surface area contributed by atoms with Gasteiger partial charge in [0.15, 0.2) is 5.16 Å². The van der Waals surface area contributed by atoms with E-state index in [0.29, 0.717) is 33.9 Å². The van der Waals surface area contributed by atoms with Crippen molar-refractivity contribution in [3.05, 3.63) is 34.1 Å². The van der Waals surface area contributed by atoms with Gasteiger partial charge in [0, 0.05) is 18.2 Å². The molecule has 1 aliphatic carbocycles. The van der Waals surface area contributed by atoms with Gasteiger partial charge in [-0.25, -0.2) is 0 Å². The highest BCUT2D eigenvalue weighted by Crippen LogP contribution is 2.23. The van der Waals surface area contributed by atoms with Crippen molar-refractivity contribution in [1.29, 1.82) is 0 Å². The number of amides is 2. The minimum atomic E-state index is -0.473. The molecule has 2 aromatic heterocycles. The van der Waals surface area contributed by atoms with Crippen molar-refractivity contribution in [2.24, 2.45) is 5.73 Å². The Bertz CT molecular complexity index is 1180. The van der Waals surface area contributed by atoms with E-state index in [1.54, 1.807) is 27.2 Å². The molecule has 4 rings (SSSR count). The molecule has 0 aliphatic heterocycles. The molecule has 158 valence electrons. The summed E-state index contributed by atoms with van der Waals surface area (Å²) in [5, 5.41) is 12.3. The van der Waals surface area contributed by atoms with Crippen molar-refractivity contribution in [3.8, 4) is 0 Å². The van der Waals surface area contributed by atoms with E-state index in [-0.39, 0.29) is 23.3 Å². The number of nitrogens with two attached hydrogens (primary N) is 1. The highest BCUT2D eigenvalue weighted by atomic mass is 32.2. The number of aromatic nitrogens is 4. The Morgan fingerprint density at radius 3 is 2.73 bits per heavy atom. The molecule has 3 N–H and O–H groups in total. The first-order valence-electron chi connectivity index (χ1n) is 10.1. The number of thioether (sulfide) groups is 1. The van der Waals surface area contributed by atoms with Gasteiger partial charge in [-0.2, -0.15) is 0 Å². The Labute approximate surface area is 177 Å². The zero-order valence-corrected chi connectivity index (χ0v) is 17.6. The largest absolute Gasteiger partial charge is 0.369 e. The molecule has 2 amide bonds. The topological polar surface area (TPSA) is 124 Å². The van der Waals surface area contributed by atoms with E-state index in [4.69, 9.17) is 5.73 Å². The van der Waals surface area contributed by atoms with E-state index in [2.05, 4.69) is 15.5 Å². The van der Waals surface area contributed by atoms with Gasteiger partial charge in [-0.15, -0.1) is 10.2 Å². The zero-order valence-electron chi connectivity index (χ0n) is 16.8. The van der Waals surface area contributed by atoms with Crippen molar-refractivity contribution < 1.29 is 9.59 Å². The van der Waals surface area contributed by atoms with Gasteiger partial charge in [0.05, 0.1) is 16.7 Å². The quantitative estimate of drug-likeness (QED) is 0.552. The van der Waals surface area contributed by atoms with Crippen LogP contribution in [0.15, 0.2) is 28.2 Å². The second-order valence-electron chi connectivity index (χ2n) is 7.52. The summed E-state index contributed by atoms with van der Waals surface area (Å²) in [5.74, 6) is -0.208. The number of nitrogens with one attached hydrogen (secondary N) is 1. The van der Waals surface area contributed by atoms with E-state index >= 15 is 0 Å². The number of carbonyl (C=O) groups is 2. The summed E-state index contributed by atoms with van der Waals surface area (Å²) < 4.78 is 3.30. The molecular formula is C20H24N6O3S. The first kappa shape index (κ1) is 20.4. The third kappa shape index (κ3) is 3.79. The van der Waals surface area contributed by atoms with E-state index in [9.17, 15) is 14.4 Å². The molecule has 0 radical (unpaired) electrons. The van der Waals surface area contributed by atoms with Crippen molar-refractivity contribution in [1.82, 2.24) is 24.5 Å². The van der Waals surface area contributed by atoms with Crippen molar-refractivity contribution in [3.63, 3.8) is 0 Å². The number of benzene rings is 1. The third-order valence-corrected chi connectivity index (χ3v) is 6.27. The van der Waals surface area contributed by atoms with E-state index in [1.165, 1.54) is 0 Å². The summed E-state index contributed by atoms with van der Waals surface area (Å²) in [6.07, 6.45) is 4.98. The van der Waals surface area contributed by atoms with Crippen LogP contribution in [-0.4, -0.2) is 42.8 Å². The second kappa shape index (κ2) is 8.47. The van der Waals surface area contributed by atoms with Crippen molar-refractivity contribution in [2.75, 3.05) is 5.75 Å². The monoisotopic (exact) mass is 428 g/mol. The van der Waals surface area contributed by atoms with Crippen LogP contribution >= 0.6 is 11.8 Å². The number of aryl methyl sites for hydroxylation is 1. The Morgan fingerprint density at radius 1 is 1.27 bits per heavy atom. The smallest absolute Gasteiger partial charge is 0.262 e. The summed E-state index contributed by atoms with van der Waals surface area (Å²) in [4.78, 5) is 37.1. The van der Waals surface area contributed by atoms with Crippen molar-refractivity contribution >= 4 is 40.3 Å². The molecule has 10 heteroatoms. The molecule has 0 atom stereocenters. The zero-order chi connectivity index (χ0) is 21.3. The molecule has 0 bridgehead atoms. The fourth-order valence-corrected chi connectivity index (χ4v) is 4.60. The highest BCUT2D eigenvalue weighted by molar-refractivity contribution is 7.99. The van der Waals surface area contributed by atoms with Gasteiger partial charge in [-0.05, 0) is 37.5 Å². The molecule has 2 heterocycles. The Hall–Kier alpha value is -2.88. The summed E-state index contributed by atoms with van der Waals surface area (Å²) >= 11 is 1.15. The lowest BCUT2D eigenvalue weighted by Gasteiger charge is -2.14. The van der Waals surface area contributed by atoms with Gasteiger partial charge in [0.25, 0.3) is 11.5 Å². The minimum absolute atomic E-state index is 0.0387. The van der Waals surface area contributed by atoms with Gasteiger partial charge < -0.3 is 11.1 Å². The molecular weight excluding hydrogens is 404 g/mol. The fourth-order valence-electron chi connectivity index (χ4n) is 3.92. The highest BCUT2D eigenvalue weighted by Gasteiger charge is 2.21. The first-order chi connectivity index (χ1) is 14.5. The molecule has 1 aromatic carbocycles. The average Bonchev–Trinajstić information content (AvgIpc) is 3.39. The number of hydrogen-bond acceptors (Lipinski definition) is 6. The van der Waals surface area contributed by atoms with Gasteiger partial charge in [-0.3, -0.25) is 23.4 Å². The van der Waals surface area contributed by atoms with Crippen LogP contribution in [0.5, 0.6) is 0 Å². The predicted molar refractivity (Wildman–Crippen MR) is 115 cm³/mol. The molecule has 3 aromatic rings. The SMILES string of the molecule is CCCn1c(=O)c2ccc(C(=O)NC3CCCC3)cc2n2c(SCC(N)=O)nnc12. The average molecular weight is 429 g/mol. The number of fused-ring (bicyclic) bond motifs is 3. The molecule has 0 spiro atoms. The number of nitrogens with zero attached hydrogens (tertiary/aromatic N) is 4. The van der Waals surface area contributed by atoms with Gasteiger partial charge >= 0.3 is 0 Å². The van der Waals surface area contributed by atoms with Crippen LogP contribution in [0.4, 0.5) is 0 Å². The number of primary amides is 1. The van der Waals surface area contributed by atoms with Gasteiger partial charge in [0.2, 0.25) is 11.7 Å². The summed E-state index contributed by atoms with van der Waals surface area (Å²) in [5.41, 5.74) is 6.12. The maximum absolute atomic E-state index is 13.1. The van der Waals surface area contributed by atoms with Crippen molar-refractivity contribution in [2.45, 2.75) is 56.8 Å². The van der Waals surface area contributed by atoms with Crippen LogP contribution in [0.2, 0.25) is 0 Å². The summed E-state index contributed by atoms with van der Waals surface area (Å²) in [6.45, 7) is 2.46. The van der Waals surface area contributed by atoms with Crippen LogP contribution in [0.1, 0.15) is 49.4 Å². The Kier molecular flexibility index (Phi) is 5.76.